The molecule has 0 spiro atoms. The Balaban J connectivity index is 2.27. The molecule has 1 atom stereocenters. The first kappa shape index (κ1) is 20.9. The predicted molar refractivity (Wildman–Crippen MR) is 114 cm³/mol. The second-order valence-corrected chi connectivity index (χ2v) is 8.50. The van der Waals surface area contributed by atoms with E-state index in [4.69, 9.17) is 16.3 Å². The monoisotopic (exact) mass is 413 g/mol. The summed E-state index contributed by atoms with van der Waals surface area (Å²) in [5.41, 5.74) is 1.23. The quantitative estimate of drug-likeness (QED) is 0.750. The zero-order valence-electron chi connectivity index (χ0n) is 17.1. The summed E-state index contributed by atoms with van der Waals surface area (Å²) < 4.78 is 5.49. The molecule has 1 aliphatic rings. The minimum absolute atomic E-state index is 0.0590. The second-order valence-electron chi connectivity index (χ2n) is 8.09. The van der Waals surface area contributed by atoms with E-state index >= 15 is 0 Å². The number of ether oxygens (including phenoxy) is 1. The first-order chi connectivity index (χ1) is 13.6. The number of anilines is 1. The lowest BCUT2D eigenvalue weighted by Gasteiger charge is -2.30. The van der Waals surface area contributed by atoms with Crippen molar-refractivity contribution in [2.24, 2.45) is 5.41 Å². The molecule has 0 aromatic heterocycles. The van der Waals surface area contributed by atoms with Gasteiger partial charge in [-0.1, -0.05) is 56.6 Å². The number of nitrogens with zero attached hydrogens (tertiary/aromatic N) is 1. The molecule has 5 nitrogen and oxygen atoms in total. The first-order valence-corrected chi connectivity index (χ1v) is 9.66. The third-order valence-electron chi connectivity index (χ3n) is 5.00. The number of benzene rings is 2. The Morgan fingerprint density at radius 3 is 2.41 bits per heavy atom. The lowest BCUT2D eigenvalue weighted by atomic mass is 9.82. The van der Waals surface area contributed by atoms with Gasteiger partial charge in [0.15, 0.2) is 11.5 Å². The molecule has 1 unspecified atom stereocenters. The van der Waals surface area contributed by atoms with E-state index in [0.29, 0.717) is 22.0 Å². The van der Waals surface area contributed by atoms with Gasteiger partial charge in [-0.3, -0.25) is 14.5 Å². The van der Waals surface area contributed by atoms with E-state index in [1.54, 1.807) is 63.2 Å². The number of methoxy groups -OCH3 is 1. The highest BCUT2D eigenvalue weighted by atomic mass is 35.5. The van der Waals surface area contributed by atoms with E-state index in [-0.39, 0.29) is 11.4 Å². The fourth-order valence-corrected chi connectivity index (χ4v) is 3.60. The van der Waals surface area contributed by atoms with Gasteiger partial charge in [-0.25, -0.2) is 0 Å². The van der Waals surface area contributed by atoms with E-state index in [9.17, 15) is 14.7 Å². The van der Waals surface area contributed by atoms with Crippen LogP contribution in [0.4, 0.5) is 5.69 Å². The fourth-order valence-electron chi connectivity index (χ4n) is 3.43. The van der Waals surface area contributed by atoms with E-state index in [0.717, 1.165) is 5.56 Å². The Bertz CT molecular complexity index is 1020. The molecule has 0 aliphatic carbocycles. The summed E-state index contributed by atoms with van der Waals surface area (Å²) in [6.45, 7) is 7.13. The second kappa shape index (κ2) is 7.56. The van der Waals surface area contributed by atoms with Crippen molar-refractivity contribution in [1.82, 2.24) is 0 Å². The number of carbonyl (C=O) groups is 2. The van der Waals surface area contributed by atoms with E-state index < -0.39 is 23.1 Å². The number of aryl methyl sites for hydroxylation is 1. The van der Waals surface area contributed by atoms with Crippen LogP contribution in [0.1, 0.15) is 37.9 Å². The largest absolute Gasteiger partial charge is 0.503 e. The first-order valence-electron chi connectivity index (χ1n) is 9.28. The topological polar surface area (TPSA) is 66.8 Å². The van der Waals surface area contributed by atoms with Gasteiger partial charge in [0.25, 0.3) is 5.91 Å². The molecule has 1 aliphatic heterocycles. The summed E-state index contributed by atoms with van der Waals surface area (Å²) in [7, 11) is 1.53. The van der Waals surface area contributed by atoms with Gasteiger partial charge in [-0.15, -0.1) is 0 Å². The Kier molecular flexibility index (Phi) is 5.46. The maximum absolute atomic E-state index is 13.2. The summed E-state index contributed by atoms with van der Waals surface area (Å²) in [6.07, 6.45) is 0. The van der Waals surface area contributed by atoms with Crippen LogP contribution in [-0.4, -0.2) is 23.9 Å². The zero-order chi connectivity index (χ0) is 21.5. The third-order valence-corrected chi connectivity index (χ3v) is 5.41. The normalized spacial score (nSPS) is 17.1. The van der Waals surface area contributed by atoms with Crippen LogP contribution in [0, 0.1) is 12.3 Å². The number of hydrogen-bond donors (Lipinski definition) is 1. The Morgan fingerprint density at radius 1 is 1.17 bits per heavy atom. The molecule has 1 amide bonds. The summed E-state index contributed by atoms with van der Waals surface area (Å²) in [5.74, 6) is -0.978. The Labute approximate surface area is 175 Å². The van der Waals surface area contributed by atoms with Crippen LogP contribution in [0.15, 0.2) is 53.8 Å². The highest BCUT2D eigenvalue weighted by molar-refractivity contribution is 6.31. The van der Waals surface area contributed by atoms with Gasteiger partial charge in [0.2, 0.25) is 0 Å². The van der Waals surface area contributed by atoms with Gasteiger partial charge in [0, 0.05) is 21.7 Å². The third kappa shape index (κ3) is 3.62. The minimum Gasteiger partial charge on any atom is -0.503 e. The van der Waals surface area contributed by atoms with Crippen molar-refractivity contribution < 1.29 is 19.4 Å². The molecule has 0 radical (unpaired) electrons. The smallest absolute Gasteiger partial charge is 0.294 e. The average Bonchev–Trinajstić information content (AvgIpc) is 2.93. The number of Topliss-reactive ketones (excluding diaryl/α,β-unsaturated/α-hetero) is 1. The molecule has 0 saturated carbocycles. The highest BCUT2D eigenvalue weighted by Crippen LogP contribution is 2.46. The number of carbonyl (C=O) groups excluding carboxylic acids is 2. The van der Waals surface area contributed by atoms with Crippen LogP contribution in [0.25, 0.3) is 0 Å². The average molecular weight is 414 g/mol. The molecule has 2 aromatic rings. The number of ketones is 1. The summed E-state index contributed by atoms with van der Waals surface area (Å²) in [5, 5.41) is 11.2. The molecule has 0 bridgehead atoms. The molecule has 152 valence electrons. The van der Waals surface area contributed by atoms with Gasteiger partial charge >= 0.3 is 0 Å². The lowest BCUT2D eigenvalue weighted by molar-refractivity contribution is -0.123. The van der Waals surface area contributed by atoms with Crippen molar-refractivity contribution in [2.75, 3.05) is 12.0 Å². The maximum atomic E-state index is 13.2. The Morgan fingerprint density at radius 2 is 1.83 bits per heavy atom. The SMILES string of the molecule is COc1ccccc1C1C(C(=O)C(C)(C)C)=C(O)C(=O)N1c1ccc(C)c(Cl)c1. The molecule has 2 aromatic carbocycles. The molecule has 1 heterocycles. The van der Waals surface area contributed by atoms with E-state index in [1.807, 2.05) is 6.92 Å². The Hall–Kier alpha value is -2.79. The summed E-state index contributed by atoms with van der Waals surface area (Å²) in [6, 6.07) is 11.5. The molecular weight excluding hydrogens is 390 g/mol. The van der Waals surface area contributed by atoms with Gasteiger partial charge in [0.1, 0.15) is 5.75 Å². The van der Waals surface area contributed by atoms with Crippen LogP contribution in [0.5, 0.6) is 5.75 Å². The number of hydrogen-bond acceptors (Lipinski definition) is 4. The lowest BCUT2D eigenvalue weighted by Crippen LogP contribution is -2.33. The molecule has 0 fully saturated rings. The number of aliphatic hydroxyl groups is 1. The van der Waals surface area contributed by atoms with Crippen LogP contribution in [0.3, 0.4) is 0 Å². The highest BCUT2D eigenvalue weighted by Gasteiger charge is 2.47. The van der Waals surface area contributed by atoms with Gasteiger partial charge in [-0.2, -0.15) is 0 Å². The van der Waals surface area contributed by atoms with E-state index in [1.165, 1.54) is 12.0 Å². The van der Waals surface area contributed by atoms with Crippen molar-refractivity contribution in [3.8, 4) is 5.75 Å². The molecule has 0 saturated heterocycles. The number of para-hydroxylation sites is 1. The van der Waals surface area contributed by atoms with Crippen LogP contribution < -0.4 is 9.64 Å². The fraction of sp³-hybridized carbons (Fsp3) is 0.304. The minimum atomic E-state index is -0.829. The molecule has 6 heteroatoms. The van der Waals surface area contributed by atoms with Crippen molar-refractivity contribution in [3.05, 3.63) is 69.9 Å². The summed E-state index contributed by atoms with van der Waals surface area (Å²) in [4.78, 5) is 27.7. The van der Waals surface area contributed by atoms with E-state index in [2.05, 4.69) is 0 Å². The molecule has 29 heavy (non-hydrogen) atoms. The van der Waals surface area contributed by atoms with Crippen LogP contribution in [0.2, 0.25) is 5.02 Å². The van der Waals surface area contributed by atoms with Crippen LogP contribution in [-0.2, 0) is 9.59 Å². The van der Waals surface area contributed by atoms with Gasteiger partial charge < -0.3 is 9.84 Å². The predicted octanol–water partition coefficient (Wildman–Crippen LogP) is 5.17. The molecule has 3 rings (SSSR count). The maximum Gasteiger partial charge on any atom is 0.294 e. The number of halogens is 1. The zero-order valence-corrected chi connectivity index (χ0v) is 17.9. The summed E-state index contributed by atoms with van der Waals surface area (Å²) >= 11 is 6.29. The van der Waals surface area contributed by atoms with Gasteiger partial charge in [-0.05, 0) is 30.7 Å². The number of amides is 1. The van der Waals surface area contributed by atoms with Crippen LogP contribution >= 0.6 is 11.6 Å². The molecular formula is C23H24ClNO4. The number of aliphatic hydroxyl groups excluding tert-OH is 1. The molecule has 1 N–H and O–H groups in total. The van der Waals surface area contributed by atoms with Gasteiger partial charge in [0.05, 0.1) is 18.7 Å². The van der Waals surface area contributed by atoms with Crippen molar-refractivity contribution in [1.29, 1.82) is 0 Å². The number of rotatable bonds is 4. The van der Waals surface area contributed by atoms with Crippen molar-refractivity contribution in [3.63, 3.8) is 0 Å². The standard InChI is InChI=1S/C23H24ClNO4/c1-13-10-11-14(12-16(13)24)25-19(15-8-6-7-9-17(15)29-5)18(20(26)22(25)28)21(27)23(2,3)4/h6-12,19,26H,1-5H3. The van der Waals surface area contributed by atoms with Crippen molar-refractivity contribution >= 4 is 29.0 Å². The van der Waals surface area contributed by atoms with Crippen molar-refractivity contribution in [2.45, 2.75) is 33.7 Å².